The van der Waals surface area contributed by atoms with Crippen molar-refractivity contribution in [1.82, 2.24) is 10.2 Å². The van der Waals surface area contributed by atoms with Gasteiger partial charge >= 0.3 is 0 Å². The number of methoxy groups -OCH3 is 2. The van der Waals surface area contributed by atoms with Crippen LogP contribution in [-0.2, 0) is 13.0 Å². The molecule has 3 aromatic carbocycles. The third-order valence-corrected chi connectivity index (χ3v) is 6.45. The molecule has 4 rings (SSSR count). The molecule has 1 amide bonds. The van der Waals surface area contributed by atoms with Crippen LogP contribution in [0.1, 0.15) is 40.0 Å². The van der Waals surface area contributed by atoms with Crippen molar-refractivity contribution in [3.63, 3.8) is 0 Å². The first-order chi connectivity index (χ1) is 16.0. The van der Waals surface area contributed by atoms with Crippen LogP contribution in [0.5, 0.6) is 11.5 Å². The Hall–Kier alpha value is -3.02. The topological polar surface area (TPSA) is 50.8 Å². The Bertz CT molecular complexity index is 1100. The number of rotatable bonds is 7. The fraction of sp³-hybridized carbons (Fsp3) is 0.296. The molecular weight excluding hydrogens is 436 g/mol. The molecule has 1 heterocycles. The van der Waals surface area contributed by atoms with Gasteiger partial charge in [-0.15, -0.1) is 0 Å². The van der Waals surface area contributed by atoms with E-state index in [1.807, 2.05) is 6.07 Å². The van der Waals surface area contributed by atoms with Gasteiger partial charge in [-0.25, -0.2) is 0 Å². The van der Waals surface area contributed by atoms with E-state index in [1.54, 1.807) is 38.5 Å². The van der Waals surface area contributed by atoms with Gasteiger partial charge in [-0.3, -0.25) is 9.69 Å². The highest BCUT2D eigenvalue weighted by Gasteiger charge is 2.34. The summed E-state index contributed by atoms with van der Waals surface area (Å²) in [5, 5.41) is 3.82. The molecule has 1 aliphatic rings. The lowest BCUT2D eigenvalue weighted by Gasteiger charge is -2.41. The molecule has 1 aliphatic heterocycles. The van der Waals surface area contributed by atoms with E-state index in [9.17, 15) is 4.79 Å². The van der Waals surface area contributed by atoms with Crippen molar-refractivity contribution < 1.29 is 14.3 Å². The monoisotopic (exact) mass is 464 g/mol. The maximum atomic E-state index is 13.0. The Morgan fingerprint density at radius 1 is 1.06 bits per heavy atom. The van der Waals surface area contributed by atoms with Crippen LogP contribution in [0, 0.1) is 0 Å². The zero-order chi connectivity index (χ0) is 23.4. The molecule has 33 heavy (non-hydrogen) atoms. The van der Waals surface area contributed by atoms with Gasteiger partial charge in [0.15, 0.2) is 11.5 Å². The van der Waals surface area contributed by atoms with Gasteiger partial charge in [-0.2, -0.15) is 0 Å². The summed E-state index contributed by atoms with van der Waals surface area (Å²) in [6, 6.07) is 21.3. The largest absolute Gasteiger partial charge is 0.493 e. The van der Waals surface area contributed by atoms with E-state index in [0.29, 0.717) is 16.3 Å². The molecule has 5 nitrogen and oxygen atoms in total. The number of amides is 1. The average Bonchev–Trinajstić information content (AvgIpc) is 2.83. The summed E-state index contributed by atoms with van der Waals surface area (Å²) in [5.41, 5.74) is 4.19. The number of carbonyl (C=O) groups is 1. The molecule has 0 saturated heterocycles. The number of nitrogens with zero attached hydrogens (tertiary/aromatic N) is 1. The highest BCUT2D eigenvalue weighted by molar-refractivity contribution is 6.30. The Morgan fingerprint density at radius 2 is 1.73 bits per heavy atom. The van der Waals surface area contributed by atoms with Crippen LogP contribution in [0.2, 0.25) is 5.02 Å². The number of hydrogen-bond donors (Lipinski definition) is 1. The van der Waals surface area contributed by atoms with Gasteiger partial charge in [-0.05, 0) is 66.4 Å². The van der Waals surface area contributed by atoms with Gasteiger partial charge in [0.2, 0.25) is 0 Å². The van der Waals surface area contributed by atoms with Crippen LogP contribution < -0.4 is 14.8 Å². The summed E-state index contributed by atoms with van der Waals surface area (Å²) in [7, 11) is 3.30. The SMILES string of the molecule is COc1cc2c(cc1OC)C(C(C)NC(=O)c1ccc(Cl)cc1)N(Cc1ccccc1)CC2. The van der Waals surface area contributed by atoms with E-state index in [0.717, 1.165) is 30.8 Å². The molecule has 1 N–H and O–H groups in total. The van der Waals surface area contributed by atoms with Gasteiger partial charge in [-0.1, -0.05) is 41.9 Å². The summed E-state index contributed by atoms with van der Waals surface area (Å²) in [5.74, 6) is 1.30. The van der Waals surface area contributed by atoms with E-state index in [2.05, 4.69) is 53.5 Å². The number of benzene rings is 3. The fourth-order valence-corrected chi connectivity index (χ4v) is 4.71. The van der Waals surface area contributed by atoms with Crippen molar-refractivity contribution in [3.8, 4) is 11.5 Å². The Balaban J connectivity index is 1.67. The zero-order valence-electron chi connectivity index (χ0n) is 19.2. The van der Waals surface area contributed by atoms with Gasteiger partial charge in [0.1, 0.15) is 0 Å². The lowest BCUT2D eigenvalue weighted by atomic mass is 9.87. The van der Waals surface area contributed by atoms with Crippen LogP contribution in [-0.4, -0.2) is 37.6 Å². The van der Waals surface area contributed by atoms with E-state index in [-0.39, 0.29) is 18.0 Å². The molecule has 0 spiro atoms. The standard InChI is InChI=1S/C27H29ClN2O3/c1-18(29-27(31)20-9-11-22(28)12-10-20)26-23-16-25(33-3)24(32-2)15-21(23)13-14-30(26)17-19-7-5-4-6-8-19/h4-12,15-16,18,26H,13-14,17H2,1-3H3,(H,29,31). The second-order valence-electron chi connectivity index (χ2n) is 8.33. The van der Waals surface area contributed by atoms with Crippen molar-refractivity contribution in [3.05, 3.63) is 94.0 Å². The molecule has 0 radical (unpaired) electrons. The maximum Gasteiger partial charge on any atom is 0.251 e. The quantitative estimate of drug-likeness (QED) is 0.517. The number of hydrogen-bond acceptors (Lipinski definition) is 4. The number of ether oxygens (including phenoxy) is 2. The molecule has 0 aromatic heterocycles. The Kier molecular flexibility index (Phi) is 7.21. The first kappa shape index (κ1) is 23.1. The Labute approximate surface area is 200 Å². The van der Waals surface area contributed by atoms with Crippen LogP contribution in [0.15, 0.2) is 66.7 Å². The van der Waals surface area contributed by atoms with Crippen molar-refractivity contribution in [2.75, 3.05) is 20.8 Å². The number of fused-ring (bicyclic) bond motifs is 1. The van der Waals surface area contributed by atoms with Crippen molar-refractivity contribution in [2.24, 2.45) is 0 Å². The highest BCUT2D eigenvalue weighted by Crippen LogP contribution is 2.40. The maximum absolute atomic E-state index is 13.0. The number of carbonyl (C=O) groups excluding carboxylic acids is 1. The van der Waals surface area contributed by atoms with Crippen LogP contribution >= 0.6 is 11.6 Å². The molecule has 2 unspecified atom stereocenters. The summed E-state index contributed by atoms with van der Waals surface area (Å²) in [4.78, 5) is 15.4. The normalized spacial score (nSPS) is 16.5. The summed E-state index contributed by atoms with van der Waals surface area (Å²) in [6.07, 6.45) is 0.900. The summed E-state index contributed by atoms with van der Waals surface area (Å²) >= 11 is 5.99. The highest BCUT2D eigenvalue weighted by atomic mass is 35.5. The average molecular weight is 465 g/mol. The van der Waals surface area contributed by atoms with Gasteiger partial charge in [0.25, 0.3) is 5.91 Å². The smallest absolute Gasteiger partial charge is 0.251 e. The van der Waals surface area contributed by atoms with Crippen molar-refractivity contribution in [2.45, 2.75) is 32.0 Å². The van der Waals surface area contributed by atoms with Crippen molar-refractivity contribution in [1.29, 1.82) is 0 Å². The van der Waals surface area contributed by atoms with Gasteiger partial charge in [0.05, 0.1) is 20.3 Å². The van der Waals surface area contributed by atoms with E-state index < -0.39 is 0 Å². The molecule has 172 valence electrons. The minimum absolute atomic E-state index is 0.0231. The molecule has 0 bridgehead atoms. The molecular formula is C27H29ClN2O3. The summed E-state index contributed by atoms with van der Waals surface area (Å²) < 4.78 is 11.1. The summed E-state index contributed by atoms with van der Waals surface area (Å²) in [6.45, 7) is 3.73. The first-order valence-corrected chi connectivity index (χ1v) is 11.5. The van der Waals surface area contributed by atoms with Crippen LogP contribution in [0.25, 0.3) is 0 Å². The third kappa shape index (κ3) is 5.15. The van der Waals surface area contributed by atoms with Crippen LogP contribution in [0.4, 0.5) is 0 Å². The van der Waals surface area contributed by atoms with Crippen molar-refractivity contribution >= 4 is 17.5 Å². The third-order valence-electron chi connectivity index (χ3n) is 6.19. The molecule has 0 fully saturated rings. The first-order valence-electron chi connectivity index (χ1n) is 11.1. The fourth-order valence-electron chi connectivity index (χ4n) is 4.58. The van der Waals surface area contributed by atoms with Gasteiger partial charge in [0, 0.05) is 29.7 Å². The number of nitrogens with one attached hydrogen (secondary N) is 1. The predicted molar refractivity (Wildman–Crippen MR) is 131 cm³/mol. The second-order valence-corrected chi connectivity index (χ2v) is 8.76. The minimum Gasteiger partial charge on any atom is -0.493 e. The molecule has 2 atom stereocenters. The predicted octanol–water partition coefficient (Wildman–Crippen LogP) is 5.28. The molecule has 6 heteroatoms. The molecule has 0 aliphatic carbocycles. The lowest BCUT2D eigenvalue weighted by Crippen LogP contribution is -2.47. The number of halogens is 1. The second kappa shape index (κ2) is 10.3. The minimum atomic E-state index is -0.144. The molecule has 0 saturated carbocycles. The van der Waals surface area contributed by atoms with E-state index in [4.69, 9.17) is 21.1 Å². The molecule has 3 aromatic rings. The van der Waals surface area contributed by atoms with E-state index >= 15 is 0 Å². The lowest BCUT2D eigenvalue weighted by molar-refractivity contribution is 0.0877. The zero-order valence-corrected chi connectivity index (χ0v) is 19.9. The Morgan fingerprint density at radius 3 is 2.39 bits per heavy atom. The van der Waals surface area contributed by atoms with E-state index in [1.165, 1.54) is 11.1 Å². The van der Waals surface area contributed by atoms with Gasteiger partial charge < -0.3 is 14.8 Å². The van der Waals surface area contributed by atoms with Crippen LogP contribution in [0.3, 0.4) is 0 Å².